The molecular weight excluding hydrogens is 324 g/mol. The van der Waals surface area contributed by atoms with Crippen molar-refractivity contribution in [1.82, 2.24) is 9.80 Å². The van der Waals surface area contributed by atoms with Crippen LogP contribution >= 0.6 is 0 Å². The van der Waals surface area contributed by atoms with Crippen LogP contribution in [0, 0.1) is 11.8 Å². The second-order valence-corrected chi connectivity index (χ2v) is 7.34. The van der Waals surface area contributed by atoms with Crippen molar-refractivity contribution in [2.75, 3.05) is 33.9 Å². The molecule has 140 valence electrons. The number of esters is 1. The minimum absolute atomic E-state index is 0.171. The molecule has 1 aliphatic carbocycles. The first-order chi connectivity index (χ1) is 12.0. The highest BCUT2D eigenvalue weighted by Crippen LogP contribution is 2.45. The fourth-order valence-corrected chi connectivity index (χ4v) is 4.53. The summed E-state index contributed by atoms with van der Waals surface area (Å²) in [5.74, 6) is -0.810. The van der Waals surface area contributed by atoms with Crippen LogP contribution in [0.4, 0.5) is 0 Å². The van der Waals surface area contributed by atoms with Gasteiger partial charge in [-0.05, 0) is 32.6 Å². The number of ether oxygens (including phenoxy) is 2. The summed E-state index contributed by atoms with van der Waals surface area (Å²) in [7, 11) is 3.19. The molecule has 1 spiro atoms. The fraction of sp³-hybridized carbons (Fsp3) is 0.833. The molecule has 7 heteroatoms. The summed E-state index contributed by atoms with van der Waals surface area (Å²) in [6.07, 6.45) is 3.45. The molecular formula is C18H28N2O5. The van der Waals surface area contributed by atoms with Crippen LogP contribution in [0.5, 0.6) is 0 Å². The van der Waals surface area contributed by atoms with Crippen molar-refractivity contribution in [3.05, 3.63) is 0 Å². The van der Waals surface area contributed by atoms with Gasteiger partial charge in [-0.15, -0.1) is 0 Å². The van der Waals surface area contributed by atoms with Gasteiger partial charge in [-0.2, -0.15) is 0 Å². The van der Waals surface area contributed by atoms with Gasteiger partial charge in [-0.1, -0.05) is 6.42 Å². The second kappa shape index (κ2) is 6.94. The first kappa shape index (κ1) is 18.2. The smallest absolute Gasteiger partial charge is 0.314 e. The van der Waals surface area contributed by atoms with Crippen molar-refractivity contribution in [2.24, 2.45) is 11.8 Å². The highest BCUT2D eigenvalue weighted by Gasteiger charge is 2.62. The standard InChI is InChI=1S/C18H28N2O5/c1-4-25-17(23)13-14(24-3)16(22)19(2)18(13)8-10-20(11-9-18)15(21)12-6-5-7-12/h12-14H,4-11H2,1-3H3/t13-,14+/m0/s1. The number of methoxy groups -OCH3 is 1. The quantitative estimate of drug-likeness (QED) is 0.700. The number of carbonyl (C=O) groups excluding carboxylic acids is 3. The van der Waals surface area contributed by atoms with Gasteiger partial charge in [-0.3, -0.25) is 14.4 Å². The van der Waals surface area contributed by atoms with Crippen molar-refractivity contribution in [3.8, 4) is 0 Å². The molecule has 0 radical (unpaired) electrons. The van der Waals surface area contributed by atoms with Gasteiger partial charge in [0, 0.05) is 33.2 Å². The van der Waals surface area contributed by atoms with Crippen molar-refractivity contribution in [2.45, 2.75) is 50.7 Å². The van der Waals surface area contributed by atoms with E-state index in [4.69, 9.17) is 9.47 Å². The normalized spacial score (nSPS) is 29.0. The third-order valence-electron chi connectivity index (χ3n) is 6.31. The minimum Gasteiger partial charge on any atom is -0.466 e. The third kappa shape index (κ3) is 2.82. The zero-order valence-electron chi connectivity index (χ0n) is 15.3. The lowest BCUT2D eigenvalue weighted by Crippen LogP contribution is -2.58. The Morgan fingerprint density at radius 2 is 1.88 bits per heavy atom. The highest BCUT2D eigenvalue weighted by molar-refractivity contribution is 5.93. The van der Waals surface area contributed by atoms with Gasteiger partial charge >= 0.3 is 5.97 Å². The van der Waals surface area contributed by atoms with E-state index in [2.05, 4.69) is 0 Å². The third-order valence-corrected chi connectivity index (χ3v) is 6.31. The van der Waals surface area contributed by atoms with E-state index < -0.39 is 17.6 Å². The first-order valence-corrected chi connectivity index (χ1v) is 9.22. The monoisotopic (exact) mass is 352 g/mol. The summed E-state index contributed by atoms with van der Waals surface area (Å²) in [5.41, 5.74) is -0.625. The molecule has 0 bridgehead atoms. The Morgan fingerprint density at radius 3 is 2.36 bits per heavy atom. The maximum absolute atomic E-state index is 12.6. The van der Waals surface area contributed by atoms with Gasteiger partial charge in [0.15, 0.2) is 6.10 Å². The van der Waals surface area contributed by atoms with E-state index in [0.717, 1.165) is 19.3 Å². The molecule has 2 amide bonds. The molecule has 0 aromatic rings. The van der Waals surface area contributed by atoms with Gasteiger partial charge in [-0.25, -0.2) is 0 Å². The fourth-order valence-electron chi connectivity index (χ4n) is 4.53. The number of nitrogens with zero attached hydrogens (tertiary/aromatic N) is 2. The van der Waals surface area contributed by atoms with E-state index in [1.54, 1.807) is 18.9 Å². The number of rotatable bonds is 4. The highest BCUT2D eigenvalue weighted by atomic mass is 16.5. The van der Waals surface area contributed by atoms with Crippen LogP contribution in [0.25, 0.3) is 0 Å². The average molecular weight is 352 g/mol. The number of amides is 2. The van der Waals surface area contributed by atoms with Crippen molar-refractivity contribution in [1.29, 1.82) is 0 Å². The van der Waals surface area contributed by atoms with Crippen LogP contribution in [0.2, 0.25) is 0 Å². The van der Waals surface area contributed by atoms with Crippen LogP contribution < -0.4 is 0 Å². The van der Waals surface area contributed by atoms with Crippen molar-refractivity contribution in [3.63, 3.8) is 0 Å². The summed E-state index contributed by atoms with van der Waals surface area (Å²) in [5, 5.41) is 0. The zero-order valence-corrected chi connectivity index (χ0v) is 15.3. The van der Waals surface area contributed by atoms with Gasteiger partial charge in [0.2, 0.25) is 5.91 Å². The van der Waals surface area contributed by atoms with Gasteiger partial charge in [0.05, 0.1) is 12.1 Å². The van der Waals surface area contributed by atoms with E-state index in [-0.39, 0.29) is 30.3 Å². The summed E-state index contributed by atoms with van der Waals surface area (Å²) in [4.78, 5) is 41.3. The van der Waals surface area contributed by atoms with Crippen LogP contribution in [-0.2, 0) is 23.9 Å². The van der Waals surface area contributed by atoms with E-state index in [1.807, 2.05) is 4.90 Å². The average Bonchev–Trinajstić information content (AvgIpc) is 2.76. The first-order valence-electron chi connectivity index (χ1n) is 9.22. The summed E-state index contributed by atoms with van der Waals surface area (Å²) < 4.78 is 10.6. The molecule has 3 rings (SSSR count). The number of hydrogen-bond acceptors (Lipinski definition) is 5. The van der Waals surface area contributed by atoms with Crippen molar-refractivity contribution >= 4 is 17.8 Å². The molecule has 3 fully saturated rings. The Hall–Kier alpha value is -1.63. The van der Waals surface area contributed by atoms with Crippen LogP contribution in [0.15, 0.2) is 0 Å². The molecule has 7 nitrogen and oxygen atoms in total. The molecule has 1 saturated carbocycles. The molecule has 0 unspecified atom stereocenters. The molecule has 0 N–H and O–H groups in total. The Labute approximate surface area is 148 Å². The lowest BCUT2D eigenvalue weighted by Gasteiger charge is -2.46. The van der Waals surface area contributed by atoms with Crippen LogP contribution in [0.1, 0.15) is 39.0 Å². The van der Waals surface area contributed by atoms with E-state index in [1.165, 1.54) is 7.11 Å². The molecule has 3 aliphatic rings. The molecule has 2 saturated heterocycles. The Balaban J connectivity index is 1.79. The predicted octanol–water partition coefficient (Wildman–Crippen LogP) is 0.814. The topological polar surface area (TPSA) is 76.2 Å². The lowest BCUT2D eigenvalue weighted by atomic mass is 9.75. The number of hydrogen-bond donors (Lipinski definition) is 0. The second-order valence-electron chi connectivity index (χ2n) is 7.34. The molecule has 0 aromatic heterocycles. The van der Waals surface area contributed by atoms with Gasteiger partial charge in [0.25, 0.3) is 5.91 Å². The van der Waals surface area contributed by atoms with E-state index in [0.29, 0.717) is 25.9 Å². The zero-order chi connectivity index (χ0) is 18.2. The summed E-state index contributed by atoms with van der Waals surface area (Å²) >= 11 is 0. The Morgan fingerprint density at radius 1 is 1.24 bits per heavy atom. The van der Waals surface area contributed by atoms with Gasteiger partial charge in [0.1, 0.15) is 5.92 Å². The Bertz CT molecular complexity index is 552. The number of likely N-dealkylation sites (N-methyl/N-ethyl adjacent to an activating group) is 1. The number of piperidine rings is 1. The summed E-state index contributed by atoms with van der Waals surface area (Å²) in [6.45, 7) is 3.16. The van der Waals surface area contributed by atoms with Crippen LogP contribution in [-0.4, -0.2) is 73.1 Å². The lowest BCUT2D eigenvalue weighted by molar-refractivity contribution is -0.157. The molecule has 0 aromatic carbocycles. The minimum atomic E-state index is -0.807. The predicted molar refractivity (Wildman–Crippen MR) is 89.6 cm³/mol. The maximum Gasteiger partial charge on any atom is 0.314 e. The molecule has 2 aliphatic heterocycles. The van der Waals surface area contributed by atoms with Crippen molar-refractivity contribution < 1.29 is 23.9 Å². The van der Waals surface area contributed by atoms with E-state index in [9.17, 15) is 14.4 Å². The molecule has 2 heterocycles. The number of likely N-dealkylation sites (tertiary alicyclic amines) is 2. The number of carbonyl (C=O) groups is 3. The van der Waals surface area contributed by atoms with Gasteiger partial charge < -0.3 is 19.3 Å². The summed E-state index contributed by atoms with van der Waals surface area (Å²) in [6, 6.07) is 0. The largest absolute Gasteiger partial charge is 0.466 e. The Kier molecular flexibility index (Phi) is 5.04. The maximum atomic E-state index is 12.6. The van der Waals surface area contributed by atoms with E-state index >= 15 is 0 Å². The molecule has 25 heavy (non-hydrogen) atoms. The molecule has 2 atom stereocenters. The SMILES string of the molecule is CCOC(=O)[C@@H]1[C@@H](OC)C(=O)N(C)C12CCN(C(=O)C1CCC1)CC2. The van der Waals surface area contributed by atoms with Crippen LogP contribution in [0.3, 0.4) is 0 Å².